The van der Waals surface area contributed by atoms with E-state index in [1.54, 1.807) is 7.11 Å². The number of pyridine rings is 1. The molecule has 4 rings (SSSR count). The van der Waals surface area contributed by atoms with Gasteiger partial charge in [-0.1, -0.05) is 0 Å². The van der Waals surface area contributed by atoms with Crippen LogP contribution in [0.4, 0.5) is 0 Å². The summed E-state index contributed by atoms with van der Waals surface area (Å²) in [6, 6.07) is 11.9. The largest absolute Gasteiger partial charge is 0.495 e. The molecule has 6 heteroatoms. The second-order valence-corrected chi connectivity index (χ2v) is 7.46. The number of aromatic nitrogens is 3. The van der Waals surface area contributed by atoms with Crippen LogP contribution in [0.15, 0.2) is 30.3 Å². The van der Waals surface area contributed by atoms with Gasteiger partial charge in [0.2, 0.25) is 0 Å². The fraction of sp³-hybridized carbons (Fsp3) is 0.348. The quantitative estimate of drug-likeness (QED) is 0.680. The van der Waals surface area contributed by atoms with Gasteiger partial charge in [-0.3, -0.25) is 4.98 Å². The number of nitriles is 1. The molecule has 1 aliphatic rings. The van der Waals surface area contributed by atoms with Crippen LogP contribution in [-0.4, -0.2) is 34.6 Å². The molecule has 1 aliphatic heterocycles. The summed E-state index contributed by atoms with van der Waals surface area (Å²) < 4.78 is 13.2. The molecule has 6 nitrogen and oxygen atoms in total. The third kappa shape index (κ3) is 3.62. The van der Waals surface area contributed by atoms with E-state index in [0.717, 1.165) is 46.9 Å². The minimum Gasteiger partial charge on any atom is -0.495 e. The van der Waals surface area contributed by atoms with Gasteiger partial charge in [0.25, 0.3) is 0 Å². The van der Waals surface area contributed by atoms with Crippen LogP contribution in [0.2, 0.25) is 0 Å². The molecule has 0 bridgehead atoms. The Morgan fingerprint density at radius 3 is 2.66 bits per heavy atom. The molecular weight excluding hydrogens is 364 g/mol. The first-order valence-corrected chi connectivity index (χ1v) is 9.76. The first kappa shape index (κ1) is 19.2. The van der Waals surface area contributed by atoms with Crippen LogP contribution in [-0.2, 0) is 17.6 Å². The van der Waals surface area contributed by atoms with Crippen LogP contribution >= 0.6 is 0 Å². The Kier molecular flexibility index (Phi) is 5.08. The molecule has 29 heavy (non-hydrogen) atoms. The van der Waals surface area contributed by atoms with Crippen LogP contribution < -0.4 is 4.74 Å². The number of fused-ring (bicyclic) bond motifs is 1. The van der Waals surface area contributed by atoms with Gasteiger partial charge in [-0.2, -0.15) is 10.4 Å². The van der Waals surface area contributed by atoms with Gasteiger partial charge in [0, 0.05) is 28.9 Å². The van der Waals surface area contributed by atoms with Gasteiger partial charge in [-0.25, -0.2) is 4.68 Å². The monoisotopic (exact) mass is 388 g/mol. The number of rotatable bonds is 3. The van der Waals surface area contributed by atoms with Gasteiger partial charge in [0.05, 0.1) is 42.5 Å². The second kappa shape index (κ2) is 7.69. The molecule has 1 atom stereocenters. The zero-order valence-electron chi connectivity index (χ0n) is 17.2. The lowest BCUT2D eigenvalue weighted by Crippen LogP contribution is -2.13. The lowest BCUT2D eigenvalue weighted by Gasteiger charge is -2.12. The van der Waals surface area contributed by atoms with E-state index < -0.39 is 0 Å². The van der Waals surface area contributed by atoms with E-state index in [-0.39, 0.29) is 6.10 Å². The number of nitrogens with zero attached hydrogens (tertiary/aromatic N) is 4. The van der Waals surface area contributed by atoms with Crippen LogP contribution in [0.5, 0.6) is 5.75 Å². The summed E-state index contributed by atoms with van der Waals surface area (Å²) in [6.07, 6.45) is 1.67. The van der Waals surface area contributed by atoms with Crippen molar-refractivity contribution >= 4 is 0 Å². The molecular formula is C23H24N4O2. The third-order valence-electron chi connectivity index (χ3n) is 5.23. The van der Waals surface area contributed by atoms with Crippen LogP contribution in [0.3, 0.4) is 0 Å². The summed E-state index contributed by atoms with van der Waals surface area (Å²) in [7, 11) is 1.57. The number of hydrogen-bond acceptors (Lipinski definition) is 5. The molecule has 1 aromatic carbocycles. The maximum absolute atomic E-state index is 9.50. The Hall–Kier alpha value is -3.17. The van der Waals surface area contributed by atoms with E-state index in [4.69, 9.17) is 14.6 Å². The van der Waals surface area contributed by atoms with Gasteiger partial charge < -0.3 is 9.47 Å². The van der Waals surface area contributed by atoms with E-state index in [2.05, 4.69) is 30.1 Å². The Labute approximate surface area is 170 Å². The van der Waals surface area contributed by atoms with Gasteiger partial charge in [-0.15, -0.1) is 0 Å². The lowest BCUT2D eigenvalue weighted by molar-refractivity contribution is 0.0735. The van der Waals surface area contributed by atoms with E-state index >= 15 is 0 Å². The number of aryl methyl sites for hydroxylation is 2. The van der Waals surface area contributed by atoms with Crippen molar-refractivity contribution in [2.45, 2.75) is 39.7 Å². The molecule has 0 saturated carbocycles. The fourth-order valence-corrected chi connectivity index (χ4v) is 3.98. The zero-order valence-corrected chi connectivity index (χ0v) is 17.2. The van der Waals surface area contributed by atoms with E-state index in [9.17, 15) is 5.26 Å². The predicted octanol–water partition coefficient (Wildman–Crippen LogP) is 3.94. The van der Waals surface area contributed by atoms with Crippen LogP contribution in [0, 0.1) is 25.2 Å². The highest BCUT2D eigenvalue weighted by Gasteiger charge is 2.25. The Morgan fingerprint density at radius 2 is 1.97 bits per heavy atom. The Balaban J connectivity index is 1.93. The van der Waals surface area contributed by atoms with Crippen molar-refractivity contribution in [1.29, 1.82) is 5.26 Å². The highest BCUT2D eigenvalue weighted by atomic mass is 16.5. The van der Waals surface area contributed by atoms with E-state index in [1.165, 1.54) is 5.56 Å². The summed E-state index contributed by atoms with van der Waals surface area (Å²) in [4.78, 5) is 4.50. The van der Waals surface area contributed by atoms with Crippen LogP contribution in [0.1, 0.15) is 35.1 Å². The maximum atomic E-state index is 9.50. The average Bonchev–Trinajstić information content (AvgIpc) is 2.93. The standard InChI is InChI=1S/C23H24N4O2/c1-14-9-17(10-15(2)25-14)23-20-7-8-29-16(3)11-21(20)27(26-23)19-5-6-22(28-4)18(12-19)13-24/h5-6,9-10,12,16H,7-8,11H2,1-4H3/t16-/m1/s1. The SMILES string of the molecule is COc1ccc(-n2nc(-c3cc(C)nc(C)c3)c3c2C[C@@H](C)OCC3)cc1C#N. The molecule has 2 aromatic heterocycles. The minimum absolute atomic E-state index is 0.106. The fourth-order valence-electron chi connectivity index (χ4n) is 3.98. The van der Waals surface area contributed by atoms with Crippen LogP contribution in [0.25, 0.3) is 16.9 Å². The van der Waals surface area contributed by atoms with Crippen molar-refractivity contribution in [1.82, 2.24) is 14.8 Å². The smallest absolute Gasteiger partial charge is 0.136 e. The van der Waals surface area contributed by atoms with E-state index in [0.29, 0.717) is 17.9 Å². The summed E-state index contributed by atoms with van der Waals surface area (Å²) in [5.41, 5.74) is 7.63. The average molecular weight is 388 g/mol. The predicted molar refractivity (Wildman–Crippen MR) is 110 cm³/mol. The molecule has 0 spiro atoms. The molecule has 0 amide bonds. The molecule has 148 valence electrons. The van der Waals surface area contributed by atoms with Crippen molar-refractivity contribution < 1.29 is 9.47 Å². The van der Waals surface area contributed by atoms with Crippen molar-refractivity contribution in [3.05, 3.63) is 58.5 Å². The third-order valence-corrected chi connectivity index (χ3v) is 5.23. The molecule has 0 N–H and O–H groups in total. The van der Waals surface area contributed by atoms with Crippen molar-refractivity contribution in [2.24, 2.45) is 0 Å². The molecule has 0 aliphatic carbocycles. The number of benzene rings is 1. The summed E-state index contributed by atoms with van der Waals surface area (Å²) >= 11 is 0. The highest BCUT2D eigenvalue weighted by molar-refractivity contribution is 5.66. The highest BCUT2D eigenvalue weighted by Crippen LogP contribution is 2.32. The summed E-state index contributed by atoms with van der Waals surface area (Å²) in [5, 5.41) is 14.5. The topological polar surface area (TPSA) is 73.0 Å². The number of ether oxygens (including phenoxy) is 2. The van der Waals surface area contributed by atoms with Gasteiger partial charge >= 0.3 is 0 Å². The number of methoxy groups -OCH3 is 1. The zero-order chi connectivity index (χ0) is 20.5. The Morgan fingerprint density at radius 1 is 1.21 bits per heavy atom. The minimum atomic E-state index is 0.106. The van der Waals surface area contributed by atoms with Crippen molar-refractivity contribution in [3.8, 4) is 28.8 Å². The van der Waals surface area contributed by atoms with Gasteiger partial charge in [-0.05, 0) is 57.5 Å². The van der Waals surface area contributed by atoms with E-state index in [1.807, 2.05) is 36.7 Å². The molecule has 0 fully saturated rings. The number of hydrogen-bond donors (Lipinski definition) is 0. The van der Waals surface area contributed by atoms with Crippen molar-refractivity contribution in [2.75, 3.05) is 13.7 Å². The van der Waals surface area contributed by atoms with Gasteiger partial charge in [0.1, 0.15) is 11.8 Å². The maximum Gasteiger partial charge on any atom is 0.136 e. The lowest BCUT2D eigenvalue weighted by atomic mass is 10.0. The summed E-state index contributed by atoms with van der Waals surface area (Å²) in [5.74, 6) is 0.562. The second-order valence-electron chi connectivity index (χ2n) is 7.46. The first-order valence-electron chi connectivity index (χ1n) is 9.76. The molecule has 0 saturated heterocycles. The molecule has 0 radical (unpaired) electrons. The van der Waals surface area contributed by atoms with Gasteiger partial charge in [0.15, 0.2) is 0 Å². The first-order chi connectivity index (χ1) is 14.0. The Bertz CT molecular complexity index is 1090. The normalized spacial score (nSPS) is 16.0. The molecule has 0 unspecified atom stereocenters. The molecule has 3 aromatic rings. The van der Waals surface area contributed by atoms with Crippen molar-refractivity contribution in [3.63, 3.8) is 0 Å². The molecule has 3 heterocycles. The summed E-state index contributed by atoms with van der Waals surface area (Å²) in [6.45, 7) is 6.75.